The van der Waals surface area contributed by atoms with Crippen LogP contribution < -0.4 is 14.8 Å². The summed E-state index contributed by atoms with van der Waals surface area (Å²) in [6, 6.07) is 14.5. The summed E-state index contributed by atoms with van der Waals surface area (Å²) in [4.78, 5) is 11.9. The molecule has 0 radical (unpaired) electrons. The van der Waals surface area contributed by atoms with Crippen molar-refractivity contribution in [1.29, 1.82) is 0 Å². The first-order valence-electron chi connectivity index (χ1n) is 11.6. The van der Waals surface area contributed by atoms with Crippen LogP contribution in [-0.2, 0) is 6.54 Å². The zero-order valence-electron chi connectivity index (χ0n) is 18.9. The summed E-state index contributed by atoms with van der Waals surface area (Å²) in [5.41, 5.74) is 4.14. The number of aliphatic hydroxyl groups is 1. The number of anilines is 1. The molecule has 2 aliphatic heterocycles. The van der Waals surface area contributed by atoms with E-state index < -0.39 is 0 Å². The van der Waals surface area contributed by atoms with Crippen molar-refractivity contribution in [3.8, 4) is 11.5 Å². The SMILES string of the molecule is CN1C/C=C/CCOc2cccc(c2)C2=NC(=NC3CC23)Nc2ccc(OCCO)c(c2)C1. The molecule has 0 amide bonds. The molecule has 0 saturated heterocycles. The van der Waals surface area contributed by atoms with E-state index in [1.54, 1.807) is 0 Å². The highest BCUT2D eigenvalue weighted by Crippen LogP contribution is 2.40. The van der Waals surface area contributed by atoms with Crippen molar-refractivity contribution in [3.05, 3.63) is 65.7 Å². The minimum Gasteiger partial charge on any atom is -0.493 e. The number of likely N-dealkylation sites (N-methyl/N-ethyl adjacent to an activating group) is 1. The normalized spacial score (nSPS) is 23.5. The Bertz CT molecular complexity index is 1090. The van der Waals surface area contributed by atoms with Gasteiger partial charge in [-0.1, -0.05) is 24.3 Å². The Morgan fingerprint density at radius 1 is 1.21 bits per heavy atom. The first-order valence-corrected chi connectivity index (χ1v) is 11.6. The molecule has 3 aliphatic rings. The van der Waals surface area contributed by atoms with Crippen molar-refractivity contribution in [2.24, 2.45) is 15.9 Å². The van der Waals surface area contributed by atoms with E-state index in [2.05, 4.69) is 47.6 Å². The third-order valence-electron chi connectivity index (χ3n) is 5.99. The maximum absolute atomic E-state index is 9.19. The van der Waals surface area contributed by atoms with Crippen LogP contribution in [0.4, 0.5) is 5.69 Å². The highest BCUT2D eigenvalue weighted by Gasteiger charge is 2.44. The topological polar surface area (TPSA) is 78.7 Å². The van der Waals surface area contributed by atoms with E-state index in [4.69, 9.17) is 19.5 Å². The Labute approximate surface area is 194 Å². The molecular formula is C26H30N4O3. The molecule has 2 aromatic carbocycles. The van der Waals surface area contributed by atoms with Crippen molar-refractivity contribution in [3.63, 3.8) is 0 Å². The first kappa shape index (κ1) is 21.7. The molecule has 172 valence electrons. The zero-order chi connectivity index (χ0) is 22.6. The highest BCUT2D eigenvalue weighted by molar-refractivity contribution is 6.14. The van der Waals surface area contributed by atoms with Gasteiger partial charge in [-0.15, -0.1) is 0 Å². The minimum atomic E-state index is -0.0157. The summed E-state index contributed by atoms with van der Waals surface area (Å²) in [5.74, 6) is 2.68. The third kappa shape index (κ3) is 5.26. The number of aliphatic imine (C=N–C) groups is 2. The van der Waals surface area contributed by atoms with E-state index in [9.17, 15) is 5.11 Å². The largest absolute Gasteiger partial charge is 0.493 e. The van der Waals surface area contributed by atoms with E-state index in [1.165, 1.54) is 0 Å². The molecule has 2 N–H and O–H groups in total. The number of aliphatic hydroxyl groups excluding tert-OH is 1. The Kier molecular flexibility index (Phi) is 6.41. The van der Waals surface area contributed by atoms with Gasteiger partial charge in [0.1, 0.15) is 18.1 Å². The summed E-state index contributed by atoms with van der Waals surface area (Å²) < 4.78 is 11.8. The second kappa shape index (κ2) is 9.77. The predicted octanol–water partition coefficient (Wildman–Crippen LogP) is 3.49. The van der Waals surface area contributed by atoms with Crippen LogP contribution >= 0.6 is 0 Å². The van der Waals surface area contributed by atoms with Gasteiger partial charge in [0.25, 0.3) is 0 Å². The van der Waals surface area contributed by atoms with Gasteiger partial charge >= 0.3 is 0 Å². The fraction of sp³-hybridized carbons (Fsp3) is 0.385. The van der Waals surface area contributed by atoms with Crippen molar-refractivity contribution in [2.45, 2.75) is 25.4 Å². The number of rotatable bonds is 3. The molecular weight excluding hydrogens is 416 g/mol. The number of hydrogen-bond acceptors (Lipinski definition) is 7. The lowest BCUT2D eigenvalue weighted by atomic mass is 10.0. The summed E-state index contributed by atoms with van der Waals surface area (Å²) in [7, 11) is 2.08. The van der Waals surface area contributed by atoms with Gasteiger partial charge in [0.05, 0.1) is 25.0 Å². The molecule has 1 fully saturated rings. The monoisotopic (exact) mass is 446 g/mol. The third-order valence-corrected chi connectivity index (χ3v) is 5.99. The summed E-state index contributed by atoms with van der Waals surface area (Å²) >= 11 is 0. The van der Waals surface area contributed by atoms with Crippen molar-refractivity contribution < 1.29 is 14.6 Å². The Hall–Kier alpha value is -3.16. The first-order chi connectivity index (χ1) is 16.2. The van der Waals surface area contributed by atoms with Crippen LogP contribution in [0.1, 0.15) is 24.0 Å². The number of nitrogens with zero attached hydrogens (tertiary/aromatic N) is 3. The van der Waals surface area contributed by atoms with E-state index in [1.807, 2.05) is 24.3 Å². The van der Waals surface area contributed by atoms with Crippen LogP contribution in [0.5, 0.6) is 11.5 Å². The predicted molar refractivity (Wildman–Crippen MR) is 131 cm³/mol. The van der Waals surface area contributed by atoms with E-state index in [0.29, 0.717) is 25.0 Å². The van der Waals surface area contributed by atoms with Gasteiger partial charge in [0, 0.05) is 35.8 Å². The summed E-state index contributed by atoms with van der Waals surface area (Å²) in [6.45, 7) is 2.42. The van der Waals surface area contributed by atoms with E-state index in [0.717, 1.165) is 53.4 Å². The standard InChI is InChI=1S/C26H30N4O3/c1-30-10-3-2-4-12-32-21-7-5-6-18(15-21)25-22-16-23(22)28-26(29-25)27-20-8-9-24(33-13-11-31)19(14-20)17-30/h2-3,5-9,14-15,22-23,31H,4,10-13,16-17H2,1H3,(H,27,28)/b3-2+. The number of guanidine groups is 1. The molecule has 0 aromatic heterocycles. The maximum Gasteiger partial charge on any atom is 0.223 e. The zero-order valence-corrected chi connectivity index (χ0v) is 18.9. The quantitative estimate of drug-likeness (QED) is 0.706. The number of hydrogen-bond donors (Lipinski definition) is 2. The number of benzene rings is 2. The molecule has 7 heteroatoms. The summed E-state index contributed by atoms with van der Waals surface area (Å²) in [6.07, 6.45) is 6.21. The summed E-state index contributed by atoms with van der Waals surface area (Å²) in [5, 5.41) is 12.6. The van der Waals surface area contributed by atoms with Gasteiger partial charge in [0.15, 0.2) is 0 Å². The average molecular weight is 447 g/mol. The van der Waals surface area contributed by atoms with Gasteiger partial charge < -0.3 is 19.9 Å². The Balaban J connectivity index is 1.48. The lowest BCUT2D eigenvalue weighted by molar-refractivity contribution is 0.199. The molecule has 0 spiro atoms. The van der Waals surface area contributed by atoms with Crippen molar-refractivity contribution in [1.82, 2.24) is 4.90 Å². The number of fused-ring (bicyclic) bond motifs is 8. The molecule has 5 rings (SSSR count). The average Bonchev–Trinajstić information content (AvgIpc) is 3.59. The molecule has 2 aromatic rings. The molecule has 2 atom stereocenters. The lowest BCUT2D eigenvalue weighted by Gasteiger charge is -2.19. The van der Waals surface area contributed by atoms with Crippen LogP contribution in [-0.4, -0.2) is 61.1 Å². The molecule has 1 aliphatic carbocycles. The molecule has 6 bridgehead atoms. The van der Waals surface area contributed by atoms with E-state index in [-0.39, 0.29) is 19.3 Å². The maximum atomic E-state index is 9.19. The lowest BCUT2D eigenvalue weighted by Crippen LogP contribution is -2.21. The van der Waals surface area contributed by atoms with Crippen LogP contribution in [0.3, 0.4) is 0 Å². The fourth-order valence-corrected chi connectivity index (χ4v) is 4.26. The van der Waals surface area contributed by atoms with Gasteiger partial charge in [0.2, 0.25) is 5.96 Å². The Morgan fingerprint density at radius 3 is 3.06 bits per heavy atom. The smallest absolute Gasteiger partial charge is 0.223 e. The van der Waals surface area contributed by atoms with Crippen LogP contribution in [0.25, 0.3) is 0 Å². The second-order valence-corrected chi connectivity index (χ2v) is 8.71. The van der Waals surface area contributed by atoms with Crippen molar-refractivity contribution in [2.75, 3.05) is 38.7 Å². The molecule has 7 nitrogen and oxygen atoms in total. The van der Waals surface area contributed by atoms with Gasteiger partial charge in [-0.3, -0.25) is 4.90 Å². The highest BCUT2D eigenvalue weighted by atomic mass is 16.5. The van der Waals surface area contributed by atoms with Crippen LogP contribution in [0.2, 0.25) is 0 Å². The minimum absolute atomic E-state index is 0.0157. The van der Waals surface area contributed by atoms with Crippen LogP contribution in [0.15, 0.2) is 64.6 Å². The molecule has 2 unspecified atom stereocenters. The molecule has 1 saturated carbocycles. The molecule has 33 heavy (non-hydrogen) atoms. The van der Waals surface area contributed by atoms with Gasteiger partial charge in [-0.2, -0.15) is 0 Å². The number of nitrogens with one attached hydrogen (secondary N) is 1. The fourth-order valence-electron chi connectivity index (χ4n) is 4.26. The Morgan fingerprint density at radius 2 is 2.15 bits per heavy atom. The second-order valence-electron chi connectivity index (χ2n) is 8.71. The number of ether oxygens (including phenoxy) is 2. The van der Waals surface area contributed by atoms with E-state index >= 15 is 0 Å². The molecule has 2 heterocycles. The van der Waals surface area contributed by atoms with Gasteiger partial charge in [-0.25, -0.2) is 9.98 Å². The van der Waals surface area contributed by atoms with Crippen LogP contribution in [0, 0.1) is 5.92 Å². The van der Waals surface area contributed by atoms with Gasteiger partial charge in [-0.05, 0) is 50.2 Å². The van der Waals surface area contributed by atoms with Crippen molar-refractivity contribution >= 4 is 17.4 Å².